The van der Waals surface area contributed by atoms with Crippen LogP contribution >= 0.6 is 15.9 Å². The van der Waals surface area contributed by atoms with Crippen molar-refractivity contribution in [3.63, 3.8) is 0 Å². The van der Waals surface area contributed by atoms with Gasteiger partial charge in [-0.05, 0) is 36.4 Å². The number of hydrogen-bond donors (Lipinski definition) is 1. The van der Waals surface area contributed by atoms with Crippen molar-refractivity contribution in [2.24, 2.45) is 0 Å². The summed E-state index contributed by atoms with van der Waals surface area (Å²) >= 11 is 3.22. The number of alkyl halides is 2. The highest BCUT2D eigenvalue weighted by atomic mass is 79.9. The number of hydrogen-bond acceptors (Lipinski definition) is 3. The molecule has 0 aliphatic heterocycles. The fourth-order valence-corrected chi connectivity index (χ4v) is 4.04. The quantitative estimate of drug-likeness (QED) is 0.671. The van der Waals surface area contributed by atoms with E-state index in [1.54, 1.807) is 12.1 Å². The van der Waals surface area contributed by atoms with E-state index in [1.165, 1.54) is 30.3 Å². The molecule has 120 valence electrons. The lowest BCUT2D eigenvalue weighted by atomic mass is 10.1. The van der Waals surface area contributed by atoms with Crippen LogP contribution in [-0.4, -0.2) is 12.4 Å². The molecule has 0 unspecified atom stereocenters. The van der Waals surface area contributed by atoms with Crippen molar-refractivity contribution in [2.75, 3.05) is 5.73 Å². The summed E-state index contributed by atoms with van der Waals surface area (Å²) in [6.07, 6.45) is -1.90. The van der Waals surface area contributed by atoms with Crippen LogP contribution in [0.1, 0.15) is 12.0 Å². The molecule has 0 saturated heterocycles. The molecule has 2 N–H and O–H groups in total. The number of benzene rings is 2. The number of anilines is 1. The second-order valence-corrected chi connectivity index (χ2v) is 7.61. The molecule has 2 aromatic carbocycles. The lowest BCUT2D eigenvalue weighted by Gasteiger charge is -2.08. The smallest absolute Gasteiger partial charge is 0.268 e. The van der Waals surface area contributed by atoms with Crippen molar-refractivity contribution in [3.05, 3.63) is 58.7 Å². The van der Waals surface area contributed by atoms with E-state index in [-0.39, 0.29) is 21.5 Å². The minimum absolute atomic E-state index is 0.000779. The van der Waals surface area contributed by atoms with Gasteiger partial charge in [-0.3, -0.25) is 0 Å². The predicted molar refractivity (Wildman–Crippen MR) is 88.0 cm³/mol. The molecule has 1 aromatic heterocycles. The molecule has 4 nitrogen and oxygen atoms in total. The molecule has 0 aliphatic rings. The Kier molecular flexibility index (Phi) is 3.89. The van der Waals surface area contributed by atoms with Crippen molar-refractivity contribution in [3.8, 4) is 0 Å². The van der Waals surface area contributed by atoms with E-state index in [0.717, 1.165) is 10.2 Å². The van der Waals surface area contributed by atoms with Crippen molar-refractivity contribution < 1.29 is 17.2 Å². The number of nitrogens with two attached hydrogens (primary N) is 1. The van der Waals surface area contributed by atoms with E-state index in [2.05, 4.69) is 15.9 Å². The summed E-state index contributed by atoms with van der Waals surface area (Å²) in [5.41, 5.74) is 5.60. The van der Waals surface area contributed by atoms with Gasteiger partial charge in [-0.1, -0.05) is 22.0 Å². The van der Waals surface area contributed by atoms with Crippen LogP contribution in [0.4, 0.5) is 14.5 Å². The van der Waals surface area contributed by atoms with Gasteiger partial charge in [0.15, 0.2) is 0 Å². The van der Waals surface area contributed by atoms with E-state index in [1.807, 2.05) is 0 Å². The zero-order valence-corrected chi connectivity index (χ0v) is 14.0. The fourth-order valence-electron chi connectivity index (χ4n) is 2.40. The standard InChI is InChI=1S/C15H11BrF2N2O2S/c16-9-4-6-10(7-5-9)23(21,22)20-8-11(15(17)18)14-12(19)2-1-3-13(14)20/h1-8,15H,19H2. The molecule has 8 heteroatoms. The van der Waals surface area contributed by atoms with Crippen LogP contribution < -0.4 is 5.73 Å². The third-order valence-electron chi connectivity index (χ3n) is 3.46. The van der Waals surface area contributed by atoms with E-state index in [4.69, 9.17) is 5.73 Å². The van der Waals surface area contributed by atoms with Gasteiger partial charge >= 0.3 is 0 Å². The monoisotopic (exact) mass is 400 g/mol. The van der Waals surface area contributed by atoms with Gasteiger partial charge in [-0.2, -0.15) is 0 Å². The Hall–Kier alpha value is -1.93. The highest BCUT2D eigenvalue weighted by Gasteiger charge is 2.25. The maximum Gasteiger partial charge on any atom is 0.268 e. The average molecular weight is 401 g/mol. The Labute approximate surface area is 139 Å². The van der Waals surface area contributed by atoms with Crippen LogP contribution in [-0.2, 0) is 10.0 Å². The molecule has 0 aliphatic carbocycles. The molecule has 3 rings (SSSR count). The van der Waals surface area contributed by atoms with Gasteiger partial charge in [0.05, 0.1) is 10.4 Å². The van der Waals surface area contributed by atoms with Crippen LogP contribution in [0.2, 0.25) is 0 Å². The first-order valence-corrected chi connectivity index (χ1v) is 8.74. The summed E-state index contributed by atoms with van der Waals surface area (Å²) in [6.45, 7) is 0. The Morgan fingerprint density at radius 1 is 1.09 bits per heavy atom. The van der Waals surface area contributed by atoms with Crippen molar-refractivity contribution >= 4 is 42.5 Å². The summed E-state index contributed by atoms with van der Waals surface area (Å²) < 4.78 is 53.6. The topological polar surface area (TPSA) is 65.1 Å². The molecule has 23 heavy (non-hydrogen) atoms. The fraction of sp³-hybridized carbons (Fsp3) is 0.0667. The van der Waals surface area contributed by atoms with Crippen molar-refractivity contribution in [1.82, 2.24) is 3.97 Å². The van der Waals surface area contributed by atoms with E-state index < -0.39 is 22.0 Å². The summed E-state index contributed by atoms with van der Waals surface area (Å²) in [5, 5.41) is 0.0585. The molecule has 1 heterocycles. The Morgan fingerprint density at radius 3 is 2.35 bits per heavy atom. The van der Waals surface area contributed by atoms with E-state index in [9.17, 15) is 17.2 Å². The summed E-state index contributed by atoms with van der Waals surface area (Å²) in [7, 11) is -4.00. The van der Waals surface area contributed by atoms with E-state index in [0.29, 0.717) is 4.47 Å². The summed E-state index contributed by atoms with van der Waals surface area (Å²) in [5.74, 6) is 0. The zero-order valence-electron chi connectivity index (χ0n) is 11.6. The maximum atomic E-state index is 13.3. The highest BCUT2D eigenvalue weighted by molar-refractivity contribution is 9.10. The number of halogens is 3. The SMILES string of the molecule is Nc1cccc2c1c(C(F)F)cn2S(=O)(=O)c1ccc(Br)cc1. The highest BCUT2D eigenvalue weighted by Crippen LogP contribution is 2.35. The second kappa shape index (κ2) is 5.61. The number of aromatic nitrogens is 1. The third kappa shape index (κ3) is 2.61. The Balaban J connectivity index is 2.32. The average Bonchev–Trinajstić information content (AvgIpc) is 2.89. The van der Waals surface area contributed by atoms with Crippen LogP contribution in [0.5, 0.6) is 0 Å². The van der Waals surface area contributed by atoms with Crippen LogP contribution in [0.3, 0.4) is 0 Å². The van der Waals surface area contributed by atoms with Crippen molar-refractivity contribution in [1.29, 1.82) is 0 Å². The van der Waals surface area contributed by atoms with Gasteiger partial charge < -0.3 is 5.73 Å². The minimum atomic E-state index is -4.00. The molecule has 0 atom stereocenters. The molecular formula is C15H11BrF2N2O2S. The molecule has 0 spiro atoms. The number of nitrogen functional groups attached to an aromatic ring is 1. The maximum absolute atomic E-state index is 13.3. The van der Waals surface area contributed by atoms with Crippen molar-refractivity contribution in [2.45, 2.75) is 11.3 Å². The van der Waals surface area contributed by atoms with E-state index >= 15 is 0 Å². The lowest BCUT2D eigenvalue weighted by Crippen LogP contribution is -2.11. The van der Waals surface area contributed by atoms with Gasteiger partial charge in [-0.15, -0.1) is 0 Å². The summed E-state index contributed by atoms with van der Waals surface area (Å²) in [6, 6.07) is 10.4. The number of nitrogens with zero attached hydrogens (tertiary/aromatic N) is 1. The van der Waals surface area contributed by atoms with Gasteiger partial charge in [0.25, 0.3) is 16.4 Å². The predicted octanol–water partition coefficient (Wildman–Crippen LogP) is 4.16. The normalized spacial score (nSPS) is 12.2. The number of fused-ring (bicyclic) bond motifs is 1. The molecule has 0 saturated carbocycles. The first kappa shape index (κ1) is 15.9. The summed E-state index contributed by atoms with van der Waals surface area (Å²) in [4.78, 5) is 0.000779. The van der Waals surface area contributed by atoms with Gasteiger partial charge in [0.2, 0.25) is 0 Å². The zero-order chi connectivity index (χ0) is 16.8. The van der Waals surface area contributed by atoms with Crippen LogP contribution in [0, 0.1) is 0 Å². The molecule has 0 bridgehead atoms. The van der Waals surface area contributed by atoms with Crippen LogP contribution in [0.25, 0.3) is 10.9 Å². The third-order valence-corrected chi connectivity index (χ3v) is 5.68. The lowest BCUT2D eigenvalue weighted by molar-refractivity contribution is 0.153. The Bertz CT molecular complexity index is 983. The van der Waals surface area contributed by atoms with Crippen LogP contribution in [0.15, 0.2) is 58.0 Å². The first-order valence-electron chi connectivity index (χ1n) is 6.51. The number of rotatable bonds is 3. The molecule has 3 aromatic rings. The second-order valence-electron chi connectivity index (χ2n) is 4.88. The van der Waals surface area contributed by atoms with Gasteiger partial charge in [0.1, 0.15) is 0 Å². The van der Waals surface area contributed by atoms with Gasteiger partial charge in [0, 0.05) is 27.3 Å². The molecule has 0 fully saturated rings. The first-order chi connectivity index (χ1) is 10.8. The molecule has 0 amide bonds. The largest absolute Gasteiger partial charge is 0.398 e. The Morgan fingerprint density at radius 2 is 1.74 bits per heavy atom. The van der Waals surface area contributed by atoms with Gasteiger partial charge in [-0.25, -0.2) is 21.2 Å². The minimum Gasteiger partial charge on any atom is -0.398 e. The molecule has 0 radical (unpaired) electrons. The molecular weight excluding hydrogens is 390 g/mol.